The topological polar surface area (TPSA) is 82.0 Å². The SMILES string of the molecule is CCOC(=O)Cc1csc(NN=Cc2cc(OC(C)C)cc(OC(C)C)c2)n1. The Morgan fingerprint density at radius 1 is 1.18 bits per heavy atom. The number of rotatable bonds is 10. The van der Waals surface area contributed by atoms with Gasteiger partial charge < -0.3 is 14.2 Å². The molecule has 2 aromatic rings. The first-order chi connectivity index (χ1) is 13.4. The number of benzene rings is 1. The van der Waals surface area contributed by atoms with Gasteiger partial charge in [0.1, 0.15) is 11.5 Å². The Morgan fingerprint density at radius 2 is 1.82 bits per heavy atom. The van der Waals surface area contributed by atoms with Gasteiger partial charge in [-0.05, 0) is 46.8 Å². The summed E-state index contributed by atoms with van der Waals surface area (Å²) in [7, 11) is 0. The van der Waals surface area contributed by atoms with E-state index < -0.39 is 0 Å². The largest absolute Gasteiger partial charge is 0.491 e. The van der Waals surface area contributed by atoms with Crippen molar-refractivity contribution < 1.29 is 19.0 Å². The molecule has 0 saturated carbocycles. The molecular formula is C20H27N3O4S. The highest BCUT2D eigenvalue weighted by molar-refractivity contribution is 7.13. The zero-order valence-electron chi connectivity index (χ0n) is 16.9. The predicted octanol–water partition coefficient (Wildman–Crippen LogP) is 4.27. The summed E-state index contributed by atoms with van der Waals surface area (Å²) in [5.74, 6) is 1.16. The van der Waals surface area contributed by atoms with E-state index in [9.17, 15) is 4.79 Å². The lowest BCUT2D eigenvalue weighted by atomic mass is 10.2. The Kier molecular flexibility index (Phi) is 8.25. The Morgan fingerprint density at radius 3 is 2.39 bits per heavy atom. The Bertz CT molecular complexity index is 774. The molecule has 1 N–H and O–H groups in total. The second-order valence-corrected chi connectivity index (χ2v) is 7.42. The second kappa shape index (κ2) is 10.7. The summed E-state index contributed by atoms with van der Waals surface area (Å²) < 4.78 is 16.5. The third kappa shape index (κ3) is 7.56. The van der Waals surface area contributed by atoms with Crippen molar-refractivity contribution in [2.45, 2.75) is 53.2 Å². The zero-order valence-corrected chi connectivity index (χ0v) is 17.7. The molecule has 0 unspecified atom stereocenters. The molecule has 0 aliphatic carbocycles. The molecule has 0 saturated heterocycles. The van der Waals surface area contributed by atoms with E-state index in [0.29, 0.717) is 17.4 Å². The number of aromatic nitrogens is 1. The number of esters is 1. The summed E-state index contributed by atoms with van der Waals surface area (Å²) in [6, 6.07) is 5.66. The minimum Gasteiger partial charge on any atom is -0.491 e. The van der Waals surface area contributed by atoms with Crippen molar-refractivity contribution in [2.24, 2.45) is 5.10 Å². The first-order valence-corrected chi connectivity index (χ1v) is 10.1. The number of hydrogen-bond donors (Lipinski definition) is 1. The number of hydrogen-bond acceptors (Lipinski definition) is 8. The zero-order chi connectivity index (χ0) is 20.5. The maximum Gasteiger partial charge on any atom is 0.311 e. The van der Waals surface area contributed by atoms with Crippen LogP contribution in [0.15, 0.2) is 28.7 Å². The molecule has 7 nitrogen and oxygen atoms in total. The van der Waals surface area contributed by atoms with Crippen LogP contribution in [0.4, 0.5) is 5.13 Å². The van der Waals surface area contributed by atoms with Gasteiger partial charge in [-0.3, -0.25) is 10.2 Å². The van der Waals surface area contributed by atoms with Crippen molar-refractivity contribution in [1.29, 1.82) is 0 Å². The number of carbonyl (C=O) groups is 1. The van der Waals surface area contributed by atoms with Gasteiger partial charge in [-0.2, -0.15) is 5.10 Å². The molecule has 2 rings (SSSR count). The third-order valence-corrected chi connectivity index (χ3v) is 4.00. The van der Waals surface area contributed by atoms with Crippen molar-refractivity contribution >= 4 is 28.7 Å². The molecule has 0 aliphatic heterocycles. The number of nitrogens with zero attached hydrogens (tertiary/aromatic N) is 2. The Balaban J connectivity index is 2.04. The van der Waals surface area contributed by atoms with E-state index in [1.807, 2.05) is 45.9 Å². The summed E-state index contributed by atoms with van der Waals surface area (Å²) in [5, 5.41) is 6.63. The molecule has 0 fully saturated rings. The molecule has 0 radical (unpaired) electrons. The lowest BCUT2D eigenvalue weighted by molar-refractivity contribution is -0.142. The van der Waals surface area contributed by atoms with Gasteiger partial charge in [0.15, 0.2) is 0 Å². The minimum atomic E-state index is -0.289. The van der Waals surface area contributed by atoms with E-state index in [1.165, 1.54) is 11.3 Å². The van der Waals surface area contributed by atoms with Gasteiger partial charge in [0.25, 0.3) is 0 Å². The smallest absolute Gasteiger partial charge is 0.311 e. The normalized spacial score (nSPS) is 11.2. The fourth-order valence-corrected chi connectivity index (χ4v) is 2.97. The number of nitrogens with one attached hydrogen (secondary N) is 1. The van der Waals surface area contributed by atoms with Crippen molar-refractivity contribution in [1.82, 2.24) is 4.98 Å². The molecule has 1 aromatic carbocycles. The monoisotopic (exact) mass is 405 g/mol. The van der Waals surface area contributed by atoms with Crippen LogP contribution in [0.1, 0.15) is 45.9 Å². The predicted molar refractivity (Wildman–Crippen MR) is 112 cm³/mol. The molecule has 1 aromatic heterocycles. The lowest BCUT2D eigenvalue weighted by Crippen LogP contribution is -2.08. The quantitative estimate of drug-likeness (QED) is 0.361. The van der Waals surface area contributed by atoms with Crippen LogP contribution in [0.3, 0.4) is 0 Å². The van der Waals surface area contributed by atoms with Crippen LogP contribution in [0, 0.1) is 0 Å². The standard InChI is InChI=1S/C20H27N3O4S/c1-6-25-19(24)9-16-12-28-20(22-16)23-21-11-15-7-17(26-13(2)3)10-18(8-15)27-14(4)5/h7-8,10-14H,6,9H2,1-5H3,(H,22,23). The third-order valence-electron chi connectivity index (χ3n) is 3.20. The molecule has 0 atom stereocenters. The van der Waals surface area contributed by atoms with Crippen LogP contribution in [0.5, 0.6) is 11.5 Å². The van der Waals surface area contributed by atoms with Crippen LogP contribution < -0.4 is 14.9 Å². The Labute approximate surface area is 169 Å². The number of ether oxygens (including phenoxy) is 3. The minimum absolute atomic E-state index is 0.0605. The first-order valence-electron chi connectivity index (χ1n) is 9.23. The average Bonchev–Trinajstić information content (AvgIpc) is 3.00. The number of thiazole rings is 1. The Hall–Kier alpha value is -2.61. The van der Waals surface area contributed by atoms with E-state index in [-0.39, 0.29) is 24.6 Å². The summed E-state index contributed by atoms with van der Waals surface area (Å²) in [6.45, 7) is 10.0. The van der Waals surface area contributed by atoms with Gasteiger partial charge in [0, 0.05) is 17.0 Å². The van der Waals surface area contributed by atoms with Gasteiger partial charge in [-0.25, -0.2) is 4.98 Å². The summed E-state index contributed by atoms with van der Waals surface area (Å²) in [4.78, 5) is 15.8. The molecule has 152 valence electrons. The molecule has 0 spiro atoms. The van der Waals surface area contributed by atoms with Crippen molar-refractivity contribution in [3.8, 4) is 11.5 Å². The van der Waals surface area contributed by atoms with Crippen LogP contribution in [0.2, 0.25) is 0 Å². The van der Waals surface area contributed by atoms with Gasteiger partial charge in [-0.15, -0.1) is 11.3 Å². The van der Waals surface area contributed by atoms with Gasteiger partial charge in [0.2, 0.25) is 5.13 Å². The highest BCUT2D eigenvalue weighted by Crippen LogP contribution is 2.24. The van der Waals surface area contributed by atoms with Crippen LogP contribution in [-0.2, 0) is 16.0 Å². The number of carbonyl (C=O) groups excluding carboxylic acids is 1. The fraction of sp³-hybridized carbons (Fsp3) is 0.450. The van der Waals surface area contributed by atoms with Crippen LogP contribution in [0.25, 0.3) is 0 Å². The molecule has 28 heavy (non-hydrogen) atoms. The van der Waals surface area contributed by atoms with Gasteiger partial charge in [0.05, 0.1) is 37.1 Å². The maximum absolute atomic E-state index is 11.5. The van der Waals surface area contributed by atoms with E-state index in [1.54, 1.807) is 18.5 Å². The van der Waals surface area contributed by atoms with Crippen LogP contribution >= 0.6 is 11.3 Å². The number of anilines is 1. The molecular weight excluding hydrogens is 378 g/mol. The van der Waals surface area contributed by atoms with Crippen LogP contribution in [-0.4, -0.2) is 36.0 Å². The summed E-state index contributed by atoms with van der Waals surface area (Å²) in [5.41, 5.74) is 4.37. The van der Waals surface area contributed by atoms with E-state index in [4.69, 9.17) is 14.2 Å². The first kappa shape index (κ1) is 21.7. The molecule has 0 bridgehead atoms. The summed E-state index contributed by atoms with van der Waals surface area (Å²) >= 11 is 1.37. The van der Waals surface area contributed by atoms with Crippen molar-refractivity contribution in [3.63, 3.8) is 0 Å². The maximum atomic E-state index is 11.5. The fourth-order valence-electron chi connectivity index (χ4n) is 2.31. The second-order valence-electron chi connectivity index (χ2n) is 6.57. The van der Waals surface area contributed by atoms with Gasteiger partial charge in [-0.1, -0.05) is 0 Å². The highest BCUT2D eigenvalue weighted by Gasteiger charge is 2.08. The lowest BCUT2D eigenvalue weighted by Gasteiger charge is -2.14. The molecule has 0 amide bonds. The van der Waals surface area contributed by atoms with Crippen molar-refractivity contribution in [2.75, 3.05) is 12.0 Å². The molecule has 1 heterocycles. The summed E-state index contributed by atoms with van der Waals surface area (Å²) in [6.07, 6.45) is 1.95. The van der Waals surface area contributed by atoms with Crippen molar-refractivity contribution in [3.05, 3.63) is 34.8 Å². The van der Waals surface area contributed by atoms with E-state index in [2.05, 4.69) is 15.5 Å². The van der Waals surface area contributed by atoms with E-state index >= 15 is 0 Å². The van der Waals surface area contributed by atoms with Gasteiger partial charge >= 0.3 is 5.97 Å². The number of hydrazone groups is 1. The molecule has 8 heteroatoms. The highest BCUT2D eigenvalue weighted by atomic mass is 32.1. The van der Waals surface area contributed by atoms with E-state index in [0.717, 1.165) is 17.1 Å². The average molecular weight is 406 g/mol. The molecule has 0 aliphatic rings.